The van der Waals surface area contributed by atoms with Crippen molar-refractivity contribution in [1.82, 2.24) is 19.4 Å². The molecular weight excluding hydrogens is 501 g/mol. The van der Waals surface area contributed by atoms with Gasteiger partial charge in [0.05, 0.1) is 11.0 Å². The smallest absolute Gasteiger partial charge is 0.260 e. The number of aliphatic imine (C=N–C) groups is 1. The van der Waals surface area contributed by atoms with Crippen molar-refractivity contribution in [3.63, 3.8) is 0 Å². The van der Waals surface area contributed by atoms with Crippen molar-refractivity contribution in [1.29, 1.82) is 0 Å². The largest absolute Gasteiger partial charge is 0.370 e. The summed E-state index contributed by atoms with van der Waals surface area (Å²) in [6, 6.07) is 6.01. The van der Waals surface area contributed by atoms with Crippen molar-refractivity contribution < 1.29 is 9.18 Å². The Hall–Kier alpha value is -2.30. The van der Waals surface area contributed by atoms with Crippen LogP contribution in [0.1, 0.15) is 45.6 Å². The van der Waals surface area contributed by atoms with E-state index >= 15 is 4.39 Å². The van der Waals surface area contributed by atoms with Crippen LogP contribution in [0.2, 0.25) is 5.02 Å². The van der Waals surface area contributed by atoms with E-state index in [1.165, 1.54) is 0 Å². The number of halogens is 2. The summed E-state index contributed by atoms with van der Waals surface area (Å²) in [6.07, 6.45) is 3.57. The third-order valence-corrected chi connectivity index (χ3v) is 8.02. The average molecular weight is 536 g/mol. The third kappa shape index (κ3) is 5.98. The molecule has 0 atom stereocenters. The van der Waals surface area contributed by atoms with Crippen LogP contribution in [0.4, 0.5) is 4.39 Å². The molecule has 1 aromatic heterocycles. The minimum atomic E-state index is -1.80. The van der Waals surface area contributed by atoms with E-state index < -0.39 is 5.67 Å². The number of carbonyl (C=O) groups is 1. The third-order valence-electron chi connectivity index (χ3n) is 6.95. The number of nitrogens with two attached hydrogens (primary N) is 2. The molecule has 11 heteroatoms. The number of hydrogen-bond acceptors (Lipinski definition) is 5. The van der Waals surface area contributed by atoms with Gasteiger partial charge in [-0.2, -0.15) is 0 Å². The van der Waals surface area contributed by atoms with Crippen LogP contribution in [0, 0.1) is 0 Å². The monoisotopic (exact) mass is 535 g/mol. The Balaban J connectivity index is 1.37. The first kappa shape index (κ1) is 26.8. The van der Waals surface area contributed by atoms with Gasteiger partial charge in [-0.15, -0.1) is 0 Å². The van der Waals surface area contributed by atoms with E-state index in [1.807, 2.05) is 25.1 Å². The van der Waals surface area contributed by atoms with E-state index in [-0.39, 0.29) is 30.8 Å². The summed E-state index contributed by atoms with van der Waals surface area (Å²) < 4.78 is 18.1. The number of amides is 1. The number of likely N-dealkylation sites (tertiary alicyclic amines) is 2. The Morgan fingerprint density at radius 3 is 2.61 bits per heavy atom. The summed E-state index contributed by atoms with van der Waals surface area (Å²) in [6.45, 7) is 6.82. The van der Waals surface area contributed by atoms with Gasteiger partial charge < -0.3 is 20.9 Å². The van der Waals surface area contributed by atoms with Gasteiger partial charge in [-0.05, 0) is 49.3 Å². The van der Waals surface area contributed by atoms with Crippen molar-refractivity contribution in [2.45, 2.75) is 56.4 Å². The number of aromatic nitrogens is 2. The molecule has 8 nitrogen and oxygen atoms in total. The Morgan fingerprint density at radius 1 is 1.28 bits per heavy atom. The highest BCUT2D eigenvalue weighted by atomic mass is 35.5. The number of alkyl halides is 1. The molecule has 0 spiro atoms. The van der Waals surface area contributed by atoms with Gasteiger partial charge >= 0.3 is 0 Å². The molecular formula is C25H35ClFN7OS. The van der Waals surface area contributed by atoms with Crippen LogP contribution in [-0.4, -0.2) is 75.4 Å². The van der Waals surface area contributed by atoms with Crippen LogP contribution in [0.15, 0.2) is 40.1 Å². The maximum absolute atomic E-state index is 15.8. The molecule has 1 amide bonds. The summed E-state index contributed by atoms with van der Waals surface area (Å²) in [4.78, 5) is 25.8. The maximum atomic E-state index is 15.8. The van der Waals surface area contributed by atoms with Crippen molar-refractivity contribution in [2.75, 3.05) is 38.5 Å². The Kier molecular flexibility index (Phi) is 8.47. The maximum Gasteiger partial charge on any atom is 0.260 e. The molecule has 3 heterocycles. The number of nitrogens with zero attached hydrogens (tertiary/aromatic N) is 5. The second-order valence-corrected chi connectivity index (χ2v) is 11.3. The van der Waals surface area contributed by atoms with Crippen molar-refractivity contribution in [2.24, 2.45) is 16.5 Å². The fourth-order valence-electron chi connectivity index (χ4n) is 5.10. The molecule has 196 valence electrons. The second-order valence-electron chi connectivity index (χ2n) is 9.62. The minimum Gasteiger partial charge on any atom is -0.370 e. The van der Waals surface area contributed by atoms with Gasteiger partial charge in [0.25, 0.3) is 5.91 Å². The van der Waals surface area contributed by atoms with Crippen LogP contribution >= 0.6 is 23.4 Å². The van der Waals surface area contributed by atoms with Gasteiger partial charge in [0.15, 0.2) is 16.8 Å². The lowest BCUT2D eigenvalue weighted by Gasteiger charge is -2.40. The molecule has 1 aromatic carbocycles. The SMILES string of the molecule is CCSc1nc2cc(Cl)ccc2n1C1CCN(C(=O)C2(F)CCN(C/C(C)=C/N=C(N)N)CC2)CC1. The molecule has 4 rings (SSSR count). The average Bonchev–Trinajstić information content (AvgIpc) is 3.21. The highest BCUT2D eigenvalue weighted by Gasteiger charge is 2.44. The first-order chi connectivity index (χ1) is 17.2. The van der Waals surface area contributed by atoms with Gasteiger partial charge in [0.2, 0.25) is 0 Å². The van der Waals surface area contributed by atoms with Crippen LogP contribution < -0.4 is 11.5 Å². The molecule has 0 saturated carbocycles. The summed E-state index contributed by atoms with van der Waals surface area (Å²) >= 11 is 7.89. The lowest BCUT2D eigenvalue weighted by molar-refractivity contribution is -0.148. The minimum absolute atomic E-state index is 0.0103. The van der Waals surface area contributed by atoms with E-state index in [0.717, 1.165) is 40.4 Å². The lowest BCUT2D eigenvalue weighted by atomic mass is 9.90. The lowest BCUT2D eigenvalue weighted by Crippen LogP contribution is -2.54. The number of hydrogen-bond donors (Lipinski definition) is 2. The number of rotatable bonds is 7. The van der Waals surface area contributed by atoms with E-state index in [1.54, 1.807) is 22.9 Å². The van der Waals surface area contributed by atoms with Crippen molar-refractivity contribution in [3.8, 4) is 0 Å². The quantitative estimate of drug-likeness (QED) is 0.316. The fraction of sp³-hybridized carbons (Fsp3) is 0.560. The first-order valence-corrected chi connectivity index (χ1v) is 13.8. The Bertz CT molecular complexity index is 1150. The van der Waals surface area contributed by atoms with Gasteiger partial charge in [0, 0.05) is 62.8 Å². The van der Waals surface area contributed by atoms with Gasteiger partial charge in [0.1, 0.15) is 0 Å². The van der Waals surface area contributed by atoms with Crippen LogP contribution in [0.25, 0.3) is 11.0 Å². The van der Waals surface area contributed by atoms with Crippen LogP contribution in [0.5, 0.6) is 0 Å². The summed E-state index contributed by atoms with van der Waals surface area (Å²) in [7, 11) is 0. The zero-order chi connectivity index (χ0) is 25.9. The zero-order valence-corrected chi connectivity index (χ0v) is 22.5. The van der Waals surface area contributed by atoms with Gasteiger partial charge in [-0.25, -0.2) is 14.4 Å². The highest BCUT2D eigenvalue weighted by Crippen LogP contribution is 2.36. The molecule has 2 fully saturated rings. The summed E-state index contributed by atoms with van der Waals surface area (Å²) in [5, 5.41) is 1.64. The van der Waals surface area contributed by atoms with Gasteiger partial charge in [-0.1, -0.05) is 30.3 Å². The summed E-state index contributed by atoms with van der Waals surface area (Å²) in [5.41, 5.74) is 11.9. The molecule has 0 unspecified atom stereocenters. The van der Waals surface area contributed by atoms with E-state index in [2.05, 4.69) is 21.4 Å². The molecule has 0 radical (unpaired) electrons. The molecule has 36 heavy (non-hydrogen) atoms. The molecule has 4 N–H and O–H groups in total. The zero-order valence-electron chi connectivity index (χ0n) is 20.9. The van der Waals surface area contributed by atoms with Gasteiger partial charge in [-0.3, -0.25) is 9.69 Å². The van der Waals surface area contributed by atoms with Crippen LogP contribution in [0.3, 0.4) is 0 Å². The number of imidazole rings is 1. The standard InChI is InChI=1S/C25H35ClFN7OS/c1-3-36-24-31-20-14-18(26)4-5-21(20)34(24)19-6-10-33(11-7-19)22(35)25(27)8-12-32(13-9-25)16-17(2)15-30-23(28)29/h4-5,14-15,19H,3,6-13,16H2,1-2H3,(H4,28,29,30)/b17-15+. The number of piperidine rings is 2. The first-order valence-electron chi connectivity index (χ1n) is 12.5. The highest BCUT2D eigenvalue weighted by molar-refractivity contribution is 7.99. The van der Waals surface area contributed by atoms with E-state index in [0.29, 0.717) is 37.7 Å². The number of carbonyl (C=O) groups excluding carboxylic acids is 1. The second kappa shape index (κ2) is 11.4. The van der Waals surface area contributed by atoms with E-state index in [4.69, 9.17) is 28.1 Å². The topological polar surface area (TPSA) is 106 Å². The predicted octanol–water partition coefficient (Wildman–Crippen LogP) is 3.95. The van der Waals surface area contributed by atoms with Crippen LogP contribution in [-0.2, 0) is 4.79 Å². The predicted molar refractivity (Wildman–Crippen MR) is 145 cm³/mol. The Labute approximate surface area is 220 Å². The fourth-order valence-corrected chi connectivity index (χ4v) is 6.08. The number of thioether (sulfide) groups is 1. The number of guanidine groups is 1. The molecule has 0 aliphatic carbocycles. The molecule has 2 aliphatic heterocycles. The van der Waals surface area contributed by atoms with Crippen molar-refractivity contribution in [3.05, 3.63) is 35.0 Å². The van der Waals surface area contributed by atoms with Crippen molar-refractivity contribution >= 4 is 46.3 Å². The normalized spacial score (nSPS) is 19.6. The molecule has 2 aromatic rings. The molecule has 0 bridgehead atoms. The molecule has 2 saturated heterocycles. The number of benzene rings is 1. The number of fused-ring (bicyclic) bond motifs is 1. The molecule has 2 aliphatic rings. The Morgan fingerprint density at radius 2 is 1.97 bits per heavy atom. The van der Waals surface area contributed by atoms with E-state index in [9.17, 15) is 4.79 Å². The summed E-state index contributed by atoms with van der Waals surface area (Å²) in [5.74, 6) is 0.564.